The minimum Gasteiger partial charge on any atom is -0.486 e. The molecule has 0 spiro atoms. The zero-order valence-electron chi connectivity index (χ0n) is 14.5. The van der Waals surface area contributed by atoms with E-state index in [9.17, 15) is 4.79 Å². The molecule has 1 aromatic heterocycles. The maximum Gasteiger partial charge on any atom is 0.289 e. The van der Waals surface area contributed by atoms with Gasteiger partial charge in [-0.05, 0) is 42.1 Å². The molecule has 0 aliphatic heterocycles. The van der Waals surface area contributed by atoms with Gasteiger partial charge in [-0.1, -0.05) is 30.3 Å². The fourth-order valence-electron chi connectivity index (χ4n) is 2.55. The van der Waals surface area contributed by atoms with Crippen LogP contribution in [0.4, 0.5) is 0 Å². The summed E-state index contributed by atoms with van der Waals surface area (Å²) in [5.41, 5.74) is 0. The standard InChI is InChI=1S/C20H22N2O3/c1-21-11-12-22(2)20(23)19-10-9-18(25-19)14-24-17-8-7-15-5-3-4-6-16(15)13-17/h3-10,13,21H,11-12,14H2,1-2H3. The third kappa shape index (κ3) is 4.19. The number of amides is 1. The molecule has 1 heterocycles. The fourth-order valence-corrected chi connectivity index (χ4v) is 2.55. The first-order valence-electron chi connectivity index (χ1n) is 8.28. The fraction of sp³-hybridized carbons (Fsp3) is 0.250. The maximum atomic E-state index is 12.2. The second-order valence-corrected chi connectivity index (χ2v) is 5.89. The number of ether oxygens (including phenoxy) is 1. The van der Waals surface area contributed by atoms with Gasteiger partial charge in [-0.15, -0.1) is 0 Å². The third-order valence-corrected chi connectivity index (χ3v) is 4.02. The molecule has 2 aromatic carbocycles. The quantitative estimate of drug-likeness (QED) is 0.718. The molecule has 0 aliphatic rings. The van der Waals surface area contributed by atoms with E-state index in [0.717, 1.165) is 17.7 Å². The van der Waals surface area contributed by atoms with E-state index in [4.69, 9.17) is 9.15 Å². The van der Waals surface area contributed by atoms with E-state index in [0.29, 0.717) is 18.1 Å². The van der Waals surface area contributed by atoms with Crippen LogP contribution in [0.1, 0.15) is 16.3 Å². The van der Waals surface area contributed by atoms with Gasteiger partial charge in [-0.2, -0.15) is 0 Å². The van der Waals surface area contributed by atoms with Crippen LogP contribution in [-0.4, -0.2) is 38.0 Å². The van der Waals surface area contributed by atoms with Gasteiger partial charge in [-0.3, -0.25) is 4.79 Å². The Morgan fingerprint density at radius 3 is 2.72 bits per heavy atom. The highest BCUT2D eigenvalue weighted by atomic mass is 16.5. The van der Waals surface area contributed by atoms with Gasteiger partial charge in [0.2, 0.25) is 0 Å². The summed E-state index contributed by atoms with van der Waals surface area (Å²) in [5.74, 6) is 1.59. The molecule has 0 aliphatic carbocycles. The number of rotatable bonds is 7. The summed E-state index contributed by atoms with van der Waals surface area (Å²) in [5, 5.41) is 5.31. The van der Waals surface area contributed by atoms with Crippen LogP contribution < -0.4 is 10.1 Å². The molecule has 1 amide bonds. The summed E-state index contributed by atoms with van der Waals surface area (Å²) in [7, 11) is 3.61. The predicted octanol–water partition coefficient (Wildman–Crippen LogP) is 3.30. The Bertz CT molecular complexity index is 857. The first kappa shape index (κ1) is 17.0. The van der Waals surface area contributed by atoms with Crippen molar-refractivity contribution in [1.82, 2.24) is 10.2 Å². The van der Waals surface area contributed by atoms with Gasteiger partial charge in [0.05, 0.1) is 0 Å². The minimum atomic E-state index is -0.132. The molecular formula is C20H22N2O3. The number of hydrogen-bond donors (Lipinski definition) is 1. The van der Waals surface area contributed by atoms with Gasteiger partial charge < -0.3 is 19.4 Å². The molecule has 130 valence electrons. The first-order valence-corrected chi connectivity index (χ1v) is 8.28. The van der Waals surface area contributed by atoms with Crippen LogP contribution in [0.3, 0.4) is 0 Å². The van der Waals surface area contributed by atoms with Crippen molar-refractivity contribution in [2.75, 3.05) is 27.2 Å². The first-order chi connectivity index (χ1) is 12.2. The van der Waals surface area contributed by atoms with Crippen LogP contribution in [0.5, 0.6) is 5.75 Å². The molecule has 0 bridgehead atoms. The molecule has 0 saturated heterocycles. The van der Waals surface area contributed by atoms with Crippen LogP contribution in [0.15, 0.2) is 59.0 Å². The molecule has 3 aromatic rings. The second-order valence-electron chi connectivity index (χ2n) is 5.89. The normalized spacial score (nSPS) is 10.8. The lowest BCUT2D eigenvalue weighted by atomic mass is 10.1. The van der Waals surface area contributed by atoms with Gasteiger partial charge in [0.1, 0.15) is 18.1 Å². The summed E-state index contributed by atoms with van der Waals surface area (Å²) in [4.78, 5) is 13.9. The Hall–Kier alpha value is -2.79. The van der Waals surface area contributed by atoms with E-state index in [1.165, 1.54) is 5.39 Å². The Morgan fingerprint density at radius 1 is 1.12 bits per heavy atom. The molecule has 0 unspecified atom stereocenters. The van der Waals surface area contributed by atoms with Crippen molar-refractivity contribution in [3.05, 3.63) is 66.1 Å². The van der Waals surface area contributed by atoms with Crippen molar-refractivity contribution in [3.8, 4) is 5.75 Å². The topological polar surface area (TPSA) is 54.7 Å². The number of carbonyl (C=O) groups is 1. The van der Waals surface area contributed by atoms with E-state index in [-0.39, 0.29) is 12.5 Å². The molecule has 0 fully saturated rings. The van der Waals surface area contributed by atoms with Crippen LogP contribution in [0.2, 0.25) is 0 Å². The minimum absolute atomic E-state index is 0.132. The molecule has 5 heteroatoms. The highest BCUT2D eigenvalue weighted by Crippen LogP contribution is 2.22. The highest BCUT2D eigenvalue weighted by Gasteiger charge is 2.15. The van der Waals surface area contributed by atoms with Crippen molar-refractivity contribution < 1.29 is 13.9 Å². The Balaban J connectivity index is 1.61. The lowest BCUT2D eigenvalue weighted by Crippen LogP contribution is -2.32. The molecule has 0 saturated carbocycles. The molecule has 0 atom stereocenters. The van der Waals surface area contributed by atoms with Crippen molar-refractivity contribution in [1.29, 1.82) is 0 Å². The van der Waals surface area contributed by atoms with Crippen molar-refractivity contribution in [3.63, 3.8) is 0 Å². The number of furan rings is 1. The highest BCUT2D eigenvalue weighted by molar-refractivity contribution is 5.91. The van der Waals surface area contributed by atoms with Gasteiger partial charge in [0.15, 0.2) is 5.76 Å². The van der Waals surface area contributed by atoms with Gasteiger partial charge >= 0.3 is 0 Å². The van der Waals surface area contributed by atoms with E-state index in [1.54, 1.807) is 24.1 Å². The number of nitrogens with one attached hydrogen (secondary N) is 1. The van der Waals surface area contributed by atoms with Gasteiger partial charge in [0, 0.05) is 20.1 Å². The summed E-state index contributed by atoms with van der Waals surface area (Å²) in [6, 6.07) is 17.6. The average molecular weight is 338 g/mol. The molecule has 0 radical (unpaired) electrons. The Kier molecular flexibility index (Phi) is 5.36. The van der Waals surface area contributed by atoms with Crippen LogP contribution in [0.25, 0.3) is 10.8 Å². The molecular weight excluding hydrogens is 316 g/mol. The number of hydrogen-bond acceptors (Lipinski definition) is 4. The largest absolute Gasteiger partial charge is 0.486 e. The van der Waals surface area contributed by atoms with E-state index >= 15 is 0 Å². The smallest absolute Gasteiger partial charge is 0.289 e. The lowest BCUT2D eigenvalue weighted by molar-refractivity contribution is 0.0761. The zero-order chi connectivity index (χ0) is 17.6. The molecule has 5 nitrogen and oxygen atoms in total. The van der Waals surface area contributed by atoms with E-state index < -0.39 is 0 Å². The van der Waals surface area contributed by atoms with Crippen molar-refractivity contribution in [2.24, 2.45) is 0 Å². The van der Waals surface area contributed by atoms with Crippen molar-refractivity contribution in [2.45, 2.75) is 6.61 Å². The van der Waals surface area contributed by atoms with Gasteiger partial charge in [-0.25, -0.2) is 0 Å². The van der Waals surface area contributed by atoms with Crippen LogP contribution in [-0.2, 0) is 6.61 Å². The monoisotopic (exact) mass is 338 g/mol. The molecule has 1 N–H and O–H groups in total. The number of likely N-dealkylation sites (N-methyl/N-ethyl adjacent to an activating group) is 2. The summed E-state index contributed by atoms with van der Waals surface area (Å²) >= 11 is 0. The van der Waals surface area contributed by atoms with E-state index in [2.05, 4.69) is 11.4 Å². The SMILES string of the molecule is CNCCN(C)C(=O)c1ccc(COc2ccc3ccccc3c2)o1. The van der Waals surface area contributed by atoms with Crippen LogP contribution >= 0.6 is 0 Å². The Labute approximate surface area is 147 Å². The van der Waals surface area contributed by atoms with Gasteiger partial charge in [0.25, 0.3) is 5.91 Å². The summed E-state index contributed by atoms with van der Waals surface area (Å²) in [6.45, 7) is 1.64. The predicted molar refractivity (Wildman–Crippen MR) is 97.9 cm³/mol. The summed E-state index contributed by atoms with van der Waals surface area (Å²) in [6.07, 6.45) is 0. The molecule has 25 heavy (non-hydrogen) atoms. The third-order valence-electron chi connectivity index (χ3n) is 4.02. The number of fused-ring (bicyclic) bond motifs is 1. The lowest BCUT2D eigenvalue weighted by Gasteiger charge is -2.15. The average Bonchev–Trinajstić information content (AvgIpc) is 3.12. The molecule has 3 rings (SSSR count). The number of benzene rings is 2. The zero-order valence-corrected chi connectivity index (χ0v) is 14.5. The number of nitrogens with zero attached hydrogens (tertiary/aromatic N) is 1. The maximum absolute atomic E-state index is 12.2. The summed E-state index contributed by atoms with van der Waals surface area (Å²) < 4.78 is 11.4. The van der Waals surface area contributed by atoms with Crippen LogP contribution in [0, 0.1) is 0 Å². The Morgan fingerprint density at radius 2 is 1.92 bits per heavy atom. The van der Waals surface area contributed by atoms with Crippen molar-refractivity contribution >= 4 is 16.7 Å². The second kappa shape index (κ2) is 7.85. The van der Waals surface area contributed by atoms with E-state index in [1.807, 2.05) is 43.4 Å². The number of carbonyl (C=O) groups excluding carboxylic acids is 1.